The van der Waals surface area contributed by atoms with Crippen molar-refractivity contribution in [1.82, 2.24) is 0 Å². The van der Waals surface area contributed by atoms with E-state index >= 15 is 0 Å². The Kier molecular flexibility index (Phi) is 15.2. The van der Waals surface area contributed by atoms with E-state index in [0.717, 1.165) is 52.2 Å². The van der Waals surface area contributed by atoms with Crippen molar-refractivity contribution in [3.05, 3.63) is 76.0 Å². The first kappa shape index (κ1) is 20.8. The maximum atomic E-state index is 8.25. The predicted molar refractivity (Wildman–Crippen MR) is 64.4 cm³/mol. The number of benzene rings is 2. The molecule has 0 saturated heterocycles. The Balaban J connectivity index is 0. The molecule has 0 heterocycles. The number of nitrogens with zero attached hydrogens (tertiary/aromatic N) is 1. The van der Waals surface area contributed by atoms with Gasteiger partial charge >= 0.3 is 119 Å². The maximum absolute atomic E-state index is 8.25. The van der Waals surface area contributed by atoms with Crippen molar-refractivity contribution in [3.8, 4) is 0 Å². The van der Waals surface area contributed by atoms with Crippen molar-refractivity contribution >= 4 is 6.14 Å². The molecule has 0 atom stereocenters. The second kappa shape index (κ2) is 13.9. The smallest absolute Gasteiger partial charge is 0.870 e. The molecule has 0 saturated carbocycles. The van der Waals surface area contributed by atoms with Crippen LogP contribution in [0.1, 0.15) is 0 Å². The van der Waals surface area contributed by atoms with Crippen LogP contribution in [0.3, 0.4) is 0 Å². The van der Waals surface area contributed by atoms with Crippen molar-refractivity contribution < 1.29 is 62.8 Å². The summed E-state index contributed by atoms with van der Waals surface area (Å²) in [7, 11) is 0. The third-order valence-electron chi connectivity index (χ3n) is 1.69. The quantitative estimate of drug-likeness (QED) is 0.248. The van der Waals surface area contributed by atoms with E-state index in [2.05, 4.69) is 60.7 Å². The monoisotopic (exact) mass is 637 g/mol. The van der Waals surface area contributed by atoms with E-state index in [1.165, 1.54) is 6.14 Å². The van der Waals surface area contributed by atoms with E-state index in [-0.39, 0.29) is 5.48 Å². The minimum absolute atomic E-state index is 0. The molecule has 2 aromatic carbocycles. The summed E-state index contributed by atoms with van der Waals surface area (Å²) in [5.74, 6) is 0. The number of hydrogen-bond acceptors (Lipinski definition) is 4. The fourth-order valence-electron chi connectivity index (χ4n) is 0.956. The number of hydrogen-bond donors (Lipinski definition) is 0. The normalized spacial score (nSPS) is 7.79. The Hall–Kier alpha value is -0.530. The van der Waals surface area contributed by atoms with Gasteiger partial charge in [-0.2, -0.15) is 0 Å². The van der Waals surface area contributed by atoms with Crippen LogP contribution in [0.4, 0.5) is 0 Å². The van der Waals surface area contributed by atoms with Gasteiger partial charge in [-0.05, 0) is 0 Å². The SMILES string of the molecule is O=[N+]([O-])[O-].[Hg+][c]1ccccc1.[Hg+][c]1ccccc1.[OH-]. The molecular weight excluding hydrogens is 623 g/mol. The first-order valence-corrected chi connectivity index (χ1v) is 10.6. The van der Waals surface area contributed by atoms with Gasteiger partial charge in [-0.1, -0.05) is 0 Å². The first-order chi connectivity index (χ1) is 8.52. The zero-order valence-corrected chi connectivity index (χ0v) is 21.3. The fraction of sp³-hybridized carbons (Fsp3) is 0. The molecule has 7 heteroatoms. The average Bonchev–Trinajstić information content (AvgIpc) is 2.31. The van der Waals surface area contributed by atoms with Gasteiger partial charge in [-0.15, -0.1) is 0 Å². The van der Waals surface area contributed by atoms with Gasteiger partial charge in [0.1, 0.15) is 0 Å². The first-order valence-electron chi connectivity index (χ1n) is 5.08. The Morgan fingerprint density at radius 3 is 1.05 bits per heavy atom. The molecule has 0 aliphatic heterocycles. The molecule has 19 heavy (non-hydrogen) atoms. The third kappa shape index (κ3) is 17.5. The van der Waals surface area contributed by atoms with Gasteiger partial charge in [-0.25, -0.2) is 0 Å². The molecule has 5 nitrogen and oxygen atoms in total. The molecule has 0 bridgehead atoms. The zero-order chi connectivity index (χ0) is 13.8. The molecule has 0 fully saturated rings. The molecule has 1 N–H and O–H groups in total. The van der Waals surface area contributed by atoms with Gasteiger partial charge in [0, 0.05) is 0 Å². The van der Waals surface area contributed by atoms with Crippen LogP contribution < -0.4 is 6.14 Å². The van der Waals surface area contributed by atoms with Crippen molar-refractivity contribution in [2.24, 2.45) is 0 Å². The summed E-state index contributed by atoms with van der Waals surface area (Å²) < 4.78 is 3.03. The van der Waals surface area contributed by atoms with E-state index in [9.17, 15) is 0 Å². The molecule has 92 valence electrons. The molecule has 0 spiro atoms. The van der Waals surface area contributed by atoms with E-state index in [1.54, 1.807) is 0 Å². The van der Waals surface area contributed by atoms with Crippen molar-refractivity contribution in [2.75, 3.05) is 0 Å². The Morgan fingerprint density at radius 1 is 0.737 bits per heavy atom. The van der Waals surface area contributed by atoms with Crippen molar-refractivity contribution in [1.29, 1.82) is 0 Å². The summed E-state index contributed by atoms with van der Waals surface area (Å²) in [4.78, 5) is 8.25. The summed E-state index contributed by atoms with van der Waals surface area (Å²) in [5.41, 5.74) is 0. The largest absolute Gasteiger partial charge is 0.870 e. The third-order valence-corrected chi connectivity index (χ3v) is 5.35. The summed E-state index contributed by atoms with van der Waals surface area (Å²) in [5, 5.41) is 14.8. The predicted octanol–water partition coefficient (Wildman–Crippen LogP) is 1.30. The van der Waals surface area contributed by atoms with Crippen LogP contribution in [-0.2, 0) is 52.2 Å². The minimum atomic E-state index is -1.75. The molecule has 0 amide bonds. The van der Waals surface area contributed by atoms with Gasteiger partial charge in [0.25, 0.3) is 0 Å². The zero-order valence-electron chi connectivity index (χ0n) is 10.3. The van der Waals surface area contributed by atoms with Crippen LogP contribution in [0.25, 0.3) is 0 Å². The van der Waals surface area contributed by atoms with Crippen molar-refractivity contribution in [3.63, 3.8) is 0 Å². The Morgan fingerprint density at radius 2 is 0.947 bits per heavy atom. The molecule has 0 radical (unpaired) electrons. The standard InChI is InChI=1S/2C6H5.2Hg.NO3.H2O/c2*1-2-4-6-5-3-1;;;2-1(3)4;/h2*1-5H;;;;1H2/q;;2*+1;-1;/p-1. The minimum Gasteiger partial charge on any atom is -0.870 e. The van der Waals surface area contributed by atoms with Gasteiger partial charge in [-0.3, -0.25) is 0 Å². The van der Waals surface area contributed by atoms with Crippen LogP contribution >= 0.6 is 0 Å². The van der Waals surface area contributed by atoms with E-state index in [1.807, 2.05) is 0 Å². The van der Waals surface area contributed by atoms with Crippen LogP contribution in [0.5, 0.6) is 0 Å². The van der Waals surface area contributed by atoms with E-state index in [4.69, 9.17) is 15.3 Å². The molecular formula is C12H11Hg2NO4. The molecule has 0 aromatic heterocycles. The average molecular weight is 634 g/mol. The number of rotatable bonds is 0. The van der Waals surface area contributed by atoms with Crippen LogP contribution in [0.2, 0.25) is 0 Å². The fourth-order valence-corrected chi connectivity index (χ4v) is 3.07. The van der Waals surface area contributed by atoms with Crippen LogP contribution in [-0.4, -0.2) is 10.6 Å². The maximum Gasteiger partial charge on any atom is -0.870 e. The van der Waals surface area contributed by atoms with E-state index in [0.29, 0.717) is 0 Å². The summed E-state index contributed by atoms with van der Waals surface area (Å²) in [6.45, 7) is 0. The Labute approximate surface area is 144 Å². The van der Waals surface area contributed by atoms with Gasteiger partial charge in [0.2, 0.25) is 0 Å². The van der Waals surface area contributed by atoms with Crippen LogP contribution in [0, 0.1) is 15.3 Å². The molecule has 2 rings (SSSR count). The molecule has 2 aromatic rings. The van der Waals surface area contributed by atoms with Gasteiger partial charge < -0.3 is 20.8 Å². The topological polar surface area (TPSA) is 96.2 Å². The molecule has 0 aliphatic carbocycles. The van der Waals surface area contributed by atoms with Gasteiger partial charge in [0.05, 0.1) is 5.09 Å². The second-order valence-electron chi connectivity index (χ2n) is 3.19. The summed E-state index contributed by atoms with van der Waals surface area (Å²) in [6, 6.07) is 21.1. The van der Waals surface area contributed by atoms with E-state index < -0.39 is 5.09 Å². The summed E-state index contributed by atoms with van der Waals surface area (Å²) >= 11 is 1.62. The summed E-state index contributed by atoms with van der Waals surface area (Å²) in [6.07, 6.45) is 0. The second-order valence-corrected chi connectivity index (χ2v) is 9.54. The Bertz CT molecular complexity index is 398. The van der Waals surface area contributed by atoms with Crippen molar-refractivity contribution in [2.45, 2.75) is 0 Å². The molecule has 0 unspecified atom stereocenters. The van der Waals surface area contributed by atoms with Crippen LogP contribution in [0.15, 0.2) is 60.7 Å². The molecule has 0 aliphatic rings. The van der Waals surface area contributed by atoms with Gasteiger partial charge in [0.15, 0.2) is 0 Å².